The number of amides is 1. The quantitative estimate of drug-likeness (QED) is 0.427. The van der Waals surface area contributed by atoms with Crippen LogP contribution in [0, 0.1) is 0 Å². The Labute approximate surface area is 201 Å². The van der Waals surface area contributed by atoms with Gasteiger partial charge >= 0.3 is 0 Å². The predicted molar refractivity (Wildman–Crippen MR) is 131 cm³/mol. The molecule has 0 unspecified atom stereocenters. The minimum Gasteiger partial charge on any atom is -0.497 e. The van der Waals surface area contributed by atoms with Crippen molar-refractivity contribution < 1.29 is 9.53 Å². The standard InChI is InChI=1S/C25H21ClN6O2/c1-15-21(24(33)29-17-8-6-12-27-14-17)22(19-10-3-4-11-20(19)26)32-25(28-15)30-23(31-32)16-7-5-9-18(13-16)34-2/h3-14,22H,1-2H3,(H,29,33)(H,28,30,31)/t22-/m1/s1. The van der Waals surface area contributed by atoms with E-state index in [1.807, 2.05) is 49.4 Å². The SMILES string of the molecule is COc1cccc(-c2nc3n(n2)[C@H](c2ccccc2Cl)C(C(=O)Nc2cccnc2)=C(C)N3)c1. The van der Waals surface area contributed by atoms with Crippen LogP contribution in [0.2, 0.25) is 5.02 Å². The Kier molecular flexibility index (Phi) is 5.73. The van der Waals surface area contributed by atoms with Gasteiger partial charge in [-0.2, -0.15) is 4.98 Å². The normalized spacial score (nSPS) is 14.9. The zero-order chi connectivity index (χ0) is 23.7. The van der Waals surface area contributed by atoms with E-state index in [2.05, 4.69) is 15.6 Å². The van der Waals surface area contributed by atoms with E-state index in [-0.39, 0.29) is 5.91 Å². The van der Waals surface area contributed by atoms with Gasteiger partial charge in [-0.25, -0.2) is 4.68 Å². The molecule has 1 aliphatic rings. The molecule has 0 fully saturated rings. The molecule has 8 nitrogen and oxygen atoms in total. The van der Waals surface area contributed by atoms with Crippen LogP contribution in [0.5, 0.6) is 5.75 Å². The van der Waals surface area contributed by atoms with Gasteiger partial charge in [-0.1, -0.05) is 41.9 Å². The number of carbonyl (C=O) groups is 1. The van der Waals surface area contributed by atoms with E-state index in [1.165, 1.54) is 0 Å². The van der Waals surface area contributed by atoms with Gasteiger partial charge in [-0.3, -0.25) is 9.78 Å². The Balaban J connectivity index is 1.62. The summed E-state index contributed by atoms with van der Waals surface area (Å²) >= 11 is 6.60. The van der Waals surface area contributed by atoms with E-state index < -0.39 is 6.04 Å². The molecule has 0 aliphatic carbocycles. The summed E-state index contributed by atoms with van der Waals surface area (Å²) in [6.07, 6.45) is 3.24. The van der Waals surface area contributed by atoms with E-state index >= 15 is 0 Å². The number of anilines is 2. The third kappa shape index (κ3) is 3.99. The van der Waals surface area contributed by atoms with Crippen molar-refractivity contribution in [1.82, 2.24) is 19.7 Å². The van der Waals surface area contributed by atoms with Gasteiger partial charge in [-0.05, 0) is 37.3 Å². The number of nitrogens with zero attached hydrogens (tertiary/aromatic N) is 4. The molecule has 4 aromatic rings. The second-order valence-electron chi connectivity index (χ2n) is 7.72. The third-order valence-corrected chi connectivity index (χ3v) is 5.89. The number of hydrogen-bond donors (Lipinski definition) is 2. The van der Waals surface area contributed by atoms with Gasteiger partial charge in [0.15, 0.2) is 5.82 Å². The number of nitrogens with one attached hydrogen (secondary N) is 2. The minimum atomic E-state index is -0.589. The van der Waals surface area contributed by atoms with Gasteiger partial charge in [0.2, 0.25) is 5.95 Å². The molecule has 1 amide bonds. The van der Waals surface area contributed by atoms with Gasteiger partial charge in [0.05, 0.1) is 24.6 Å². The number of halogens is 1. The number of carbonyl (C=O) groups excluding carboxylic acids is 1. The fraction of sp³-hybridized carbons (Fsp3) is 0.120. The van der Waals surface area contributed by atoms with Crippen molar-refractivity contribution >= 4 is 29.1 Å². The summed E-state index contributed by atoms with van der Waals surface area (Å²) in [5.74, 6) is 1.43. The van der Waals surface area contributed by atoms with E-state index in [1.54, 1.807) is 42.4 Å². The van der Waals surface area contributed by atoms with Gasteiger partial charge < -0.3 is 15.4 Å². The fourth-order valence-electron chi connectivity index (χ4n) is 3.95. The van der Waals surface area contributed by atoms with Crippen molar-refractivity contribution in [3.05, 3.63) is 94.9 Å². The van der Waals surface area contributed by atoms with Crippen LogP contribution < -0.4 is 15.4 Å². The highest BCUT2D eigenvalue weighted by Crippen LogP contribution is 2.39. The average molecular weight is 473 g/mol. The first-order valence-electron chi connectivity index (χ1n) is 10.6. The molecule has 0 saturated heterocycles. The molecule has 0 radical (unpaired) electrons. The molecule has 0 spiro atoms. The van der Waals surface area contributed by atoms with Gasteiger partial charge in [-0.15, -0.1) is 5.10 Å². The molecule has 9 heteroatoms. The highest BCUT2D eigenvalue weighted by atomic mass is 35.5. The van der Waals surface area contributed by atoms with Crippen LogP contribution in [0.4, 0.5) is 11.6 Å². The first-order chi connectivity index (χ1) is 16.5. The lowest BCUT2D eigenvalue weighted by Gasteiger charge is -2.29. The molecule has 2 aromatic carbocycles. The molecule has 3 heterocycles. The van der Waals surface area contributed by atoms with Crippen LogP contribution in [-0.4, -0.2) is 32.8 Å². The van der Waals surface area contributed by atoms with E-state index in [0.29, 0.717) is 39.5 Å². The van der Waals surface area contributed by atoms with Crippen LogP contribution in [0.1, 0.15) is 18.5 Å². The topological polar surface area (TPSA) is 94.0 Å². The van der Waals surface area contributed by atoms with E-state index in [9.17, 15) is 4.79 Å². The summed E-state index contributed by atoms with van der Waals surface area (Å²) in [5, 5.41) is 11.5. The van der Waals surface area contributed by atoms with Gasteiger partial charge in [0, 0.05) is 28.0 Å². The summed E-state index contributed by atoms with van der Waals surface area (Å²) in [7, 11) is 1.61. The maximum atomic E-state index is 13.5. The first-order valence-corrected chi connectivity index (χ1v) is 11.0. The number of aromatic nitrogens is 4. The second kappa shape index (κ2) is 8.99. The Morgan fingerprint density at radius 3 is 2.76 bits per heavy atom. The van der Waals surface area contributed by atoms with Crippen molar-refractivity contribution in [2.24, 2.45) is 0 Å². The van der Waals surface area contributed by atoms with Crippen molar-refractivity contribution in [2.45, 2.75) is 13.0 Å². The zero-order valence-electron chi connectivity index (χ0n) is 18.5. The summed E-state index contributed by atoms with van der Waals surface area (Å²) in [4.78, 5) is 22.3. The number of allylic oxidation sites excluding steroid dienone is 1. The smallest absolute Gasteiger partial charge is 0.255 e. The Bertz CT molecular complexity index is 1400. The molecular formula is C25H21ClN6O2. The molecule has 2 aromatic heterocycles. The summed E-state index contributed by atoms with van der Waals surface area (Å²) in [6.45, 7) is 1.84. The van der Waals surface area contributed by atoms with Crippen LogP contribution in [0.3, 0.4) is 0 Å². The summed E-state index contributed by atoms with van der Waals surface area (Å²) < 4.78 is 7.04. The third-order valence-electron chi connectivity index (χ3n) is 5.54. The van der Waals surface area contributed by atoms with Gasteiger partial charge in [0.25, 0.3) is 5.91 Å². The number of fused-ring (bicyclic) bond motifs is 1. The summed E-state index contributed by atoms with van der Waals surface area (Å²) in [5.41, 5.74) is 3.26. The van der Waals surface area contributed by atoms with Crippen LogP contribution in [0.15, 0.2) is 84.3 Å². The molecule has 0 saturated carbocycles. The monoisotopic (exact) mass is 472 g/mol. The number of pyridine rings is 1. The number of hydrogen-bond acceptors (Lipinski definition) is 6. The molecular weight excluding hydrogens is 452 g/mol. The zero-order valence-corrected chi connectivity index (χ0v) is 19.2. The number of rotatable bonds is 5. The lowest BCUT2D eigenvalue weighted by molar-refractivity contribution is -0.113. The highest BCUT2D eigenvalue weighted by Gasteiger charge is 2.35. The molecule has 2 N–H and O–H groups in total. The maximum Gasteiger partial charge on any atom is 0.255 e. The van der Waals surface area contributed by atoms with Crippen LogP contribution >= 0.6 is 11.6 Å². The predicted octanol–water partition coefficient (Wildman–Crippen LogP) is 4.93. The number of benzene rings is 2. The number of ether oxygens (including phenoxy) is 1. The van der Waals surface area contributed by atoms with Crippen molar-refractivity contribution in [3.8, 4) is 17.1 Å². The fourth-order valence-corrected chi connectivity index (χ4v) is 4.19. The first kappa shape index (κ1) is 21.7. The molecule has 170 valence electrons. The maximum absolute atomic E-state index is 13.5. The number of methoxy groups -OCH3 is 1. The molecule has 34 heavy (non-hydrogen) atoms. The Morgan fingerprint density at radius 1 is 1.15 bits per heavy atom. The van der Waals surface area contributed by atoms with E-state index in [0.717, 1.165) is 11.1 Å². The minimum absolute atomic E-state index is 0.285. The van der Waals surface area contributed by atoms with Crippen molar-refractivity contribution in [2.75, 3.05) is 17.7 Å². The largest absolute Gasteiger partial charge is 0.497 e. The highest BCUT2D eigenvalue weighted by molar-refractivity contribution is 6.31. The van der Waals surface area contributed by atoms with Crippen LogP contribution in [0.25, 0.3) is 11.4 Å². The van der Waals surface area contributed by atoms with Crippen molar-refractivity contribution in [1.29, 1.82) is 0 Å². The Morgan fingerprint density at radius 2 is 2.00 bits per heavy atom. The molecule has 0 bridgehead atoms. The molecule has 1 aliphatic heterocycles. The lowest BCUT2D eigenvalue weighted by Crippen LogP contribution is -2.31. The Hall–Kier alpha value is -4.17. The van der Waals surface area contributed by atoms with Crippen molar-refractivity contribution in [3.63, 3.8) is 0 Å². The summed E-state index contributed by atoms with van der Waals surface area (Å²) in [6, 6.07) is 17.9. The van der Waals surface area contributed by atoms with Crippen LogP contribution in [-0.2, 0) is 4.79 Å². The van der Waals surface area contributed by atoms with E-state index in [4.69, 9.17) is 26.4 Å². The molecule has 5 rings (SSSR count). The molecule has 1 atom stereocenters. The van der Waals surface area contributed by atoms with Gasteiger partial charge in [0.1, 0.15) is 11.8 Å². The lowest BCUT2D eigenvalue weighted by atomic mass is 9.95. The average Bonchev–Trinajstić information content (AvgIpc) is 3.28. The second-order valence-corrected chi connectivity index (χ2v) is 8.13.